The average Bonchev–Trinajstić information content (AvgIpc) is 2.52. The number of pyridine rings is 1. The maximum absolute atomic E-state index is 11.7. The fourth-order valence-electron chi connectivity index (χ4n) is 1.62. The van der Waals surface area contributed by atoms with Crippen molar-refractivity contribution >= 4 is 23.1 Å². The number of nitrogens with two attached hydrogens (primary N) is 1. The van der Waals surface area contributed by atoms with Crippen LogP contribution >= 0.6 is 12.2 Å². The number of thiocarbonyl (C=S) groups is 1. The van der Waals surface area contributed by atoms with Crippen LogP contribution in [0.25, 0.3) is 0 Å². The van der Waals surface area contributed by atoms with Crippen molar-refractivity contribution in [3.05, 3.63) is 59.9 Å². The molecule has 1 aromatic carbocycles. The van der Waals surface area contributed by atoms with Crippen LogP contribution in [-0.2, 0) is 11.3 Å². The van der Waals surface area contributed by atoms with Gasteiger partial charge in [-0.1, -0.05) is 18.3 Å². The Morgan fingerprint density at radius 1 is 1.29 bits per heavy atom. The van der Waals surface area contributed by atoms with E-state index in [0.29, 0.717) is 17.3 Å². The molecule has 21 heavy (non-hydrogen) atoms. The summed E-state index contributed by atoms with van der Waals surface area (Å²) in [5.74, 6) is 0.392. The Morgan fingerprint density at radius 3 is 2.67 bits per heavy atom. The fraction of sp³-hybridized carbons (Fsp3) is 0.133. The molecule has 2 rings (SSSR count). The van der Waals surface area contributed by atoms with Crippen molar-refractivity contribution in [3.8, 4) is 5.75 Å². The van der Waals surface area contributed by atoms with Crippen LogP contribution in [0.1, 0.15) is 11.1 Å². The number of ether oxygens (including phenoxy) is 1. The summed E-state index contributed by atoms with van der Waals surface area (Å²) in [7, 11) is 0. The first-order valence-electron chi connectivity index (χ1n) is 6.33. The third-order valence-corrected chi connectivity index (χ3v) is 2.96. The van der Waals surface area contributed by atoms with Crippen LogP contribution in [-0.4, -0.2) is 22.5 Å². The summed E-state index contributed by atoms with van der Waals surface area (Å²) in [4.78, 5) is 16.0. The van der Waals surface area contributed by atoms with Gasteiger partial charge in [-0.15, -0.1) is 0 Å². The minimum Gasteiger partial charge on any atom is -0.484 e. The van der Waals surface area contributed by atoms with Gasteiger partial charge in [-0.2, -0.15) is 0 Å². The molecule has 5 nitrogen and oxygen atoms in total. The molecule has 0 saturated heterocycles. The zero-order valence-corrected chi connectivity index (χ0v) is 12.1. The lowest BCUT2D eigenvalue weighted by Crippen LogP contribution is -2.28. The van der Waals surface area contributed by atoms with Crippen LogP contribution in [0.2, 0.25) is 0 Å². The first-order chi connectivity index (χ1) is 10.1. The van der Waals surface area contributed by atoms with Crippen LogP contribution in [0.15, 0.2) is 48.8 Å². The number of nitrogens with zero attached hydrogens (tertiary/aromatic N) is 1. The second-order valence-corrected chi connectivity index (χ2v) is 4.76. The number of carbonyl (C=O) groups is 1. The van der Waals surface area contributed by atoms with Crippen molar-refractivity contribution in [1.29, 1.82) is 0 Å². The standard InChI is InChI=1S/C15H15N3O2S/c16-15(21)12-3-5-13(6-4-12)20-10-14(19)18-9-11-2-1-7-17-8-11/h1-8H,9-10H2,(H2,16,21)(H,18,19). The zero-order chi connectivity index (χ0) is 15.1. The van der Waals surface area contributed by atoms with Crippen LogP contribution in [0.3, 0.4) is 0 Å². The number of carbonyl (C=O) groups excluding carboxylic acids is 1. The Bertz CT molecular complexity index is 615. The van der Waals surface area contributed by atoms with E-state index >= 15 is 0 Å². The van der Waals surface area contributed by atoms with Crippen molar-refractivity contribution in [3.63, 3.8) is 0 Å². The summed E-state index contributed by atoms with van der Waals surface area (Å²) in [6.07, 6.45) is 3.39. The normalized spacial score (nSPS) is 9.90. The van der Waals surface area contributed by atoms with Gasteiger partial charge in [0.15, 0.2) is 6.61 Å². The van der Waals surface area contributed by atoms with Crippen LogP contribution in [0.5, 0.6) is 5.75 Å². The predicted octanol–water partition coefficient (Wildman–Crippen LogP) is 1.41. The van der Waals surface area contributed by atoms with Crippen LogP contribution in [0.4, 0.5) is 0 Å². The Kier molecular flexibility index (Phi) is 5.22. The maximum atomic E-state index is 11.7. The molecule has 1 aromatic heterocycles. The van der Waals surface area contributed by atoms with Gasteiger partial charge in [-0.25, -0.2) is 0 Å². The first-order valence-corrected chi connectivity index (χ1v) is 6.74. The summed E-state index contributed by atoms with van der Waals surface area (Å²) < 4.78 is 5.38. The molecule has 1 amide bonds. The topological polar surface area (TPSA) is 77.2 Å². The number of benzene rings is 1. The van der Waals surface area contributed by atoms with E-state index in [1.54, 1.807) is 36.7 Å². The SMILES string of the molecule is NC(=S)c1ccc(OCC(=O)NCc2cccnc2)cc1. The van der Waals surface area contributed by atoms with Crippen molar-refractivity contribution in [1.82, 2.24) is 10.3 Å². The third-order valence-electron chi connectivity index (χ3n) is 2.72. The molecule has 0 unspecified atom stereocenters. The third kappa shape index (κ3) is 4.85. The molecule has 3 N–H and O–H groups in total. The van der Waals surface area contributed by atoms with Gasteiger partial charge in [0.1, 0.15) is 10.7 Å². The number of hydrogen-bond acceptors (Lipinski definition) is 4. The molecule has 0 radical (unpaired) electrons. The van der Waals surface area contributed by atoms with Gasteiger partial charge in [0.25, 0.3) is 5.91 Å². The monoisotopic (exact) mass is 301 g/mol. The highest BCUT2D eigenvalue weighted by Crippen LogP contribution is 2.11. The van der Waals surface area contributed by atoms with E-state index in [-0.39, 0.29) is 12.5 Å². The second-order valence-electron chi connectivity index (χ2n) is 4.32. The fourth-order valence-corrected chi connectivity index (χ4v) is 1.75. The molecular formula is C15H15N3O2S. The van der Waals surface area contributed by atoms with E-state index in [4.69, 9.17) is 22.7 Å². The molecule has 0 aliphatic heterocycles. The van der Waals surface area contributed by atoms with E-state index in [2.05, 4.69) is 10.3 Å². The first kappa shape index (κ1) is 14.9. The van der Waals surface area contributed by atoms with E-state index in [1.807, 2.05) is 12.1 Å². The Labute approximate surface area is 128 Å². The van der Waals surface area contributed by atoms with Gasteiger partial charge in [0.2, 0.25) is 0 Å². The summed E-state index contributed by atoms with van der Waals surface area (Å²) in [5.41, 5.74) is 7.20. The Balaban J connectivity index is 1.77. The molecule has 6 heteroatoms. The number of aromatic nitrogens is 1. The lowest BCUT2D eigenvalue weighted by atomic mass is 10.2. The lowest BCUT2D eigenvalue weighted by Gasteiger charge is -2.08. The van der Waals surface area contributed by atoms with Gasteiger partial charge >= 0.3 is 0 Å². The van der Waals surface area contributed by atoms with Crippen LogP contribution in [0, 0.1) is 0 Å². The van der Waals surface area contributed by atoms with Crippen LogP contribution < -0.4 is 15.8 Å². The van der Waals surface area contributed by atoms with Gasteiger partial charge in [0.05, 0.1) is 0 Å². The highest BCUT2D eigenvalue weighted by molar-refractivity contribution is 7.80. The second kappa shape index (κ2) is 7.35. The number of nitrogens with one attached hydrogen (secondary N) is 1. The van der Waals surface area contributed by atoms with E-state index in [0.717, 1.165) is 11.1 Å². The molecule has 1 heterocycles. The zero-order valence-electron chi connectivity index (χ0n) is 11.3. The molecule has 0 aliphatic carbocycles. The summed E-state index contributed by atoms with van der Waals surface area (Å²) in [6.45, 7) is 0.378. The Morgan fingerprint density at radius 2 is 2.05 bits per heavy atom. The minimum atomic E-state index is -0.197. The molecule has 2 aromatic rings. The van der Waals surface area contributed by atoms with E-state index in [1.165, 1.54) is 0 Å². The average molecular weight is 301 g/mol. The quantitative estimate of drug-likeness (QED) is 0.789. The molecule has 0 atom stereocenters. The summed E-state index contributed by atoms with van der Waals surface area (Å²) >= 11 is 4.86. The molecule has 0 aliphatic rings. The molecule has 108 valence electrons. The van der Waals surface area contributed by atoms with Gasteiger partial charge in [-0.05, 0) is 35.9 Å². The van der Waals surface area contributed by atoms with Gasteiger partial charge in [-0.3, -0.25) is 9.78 Å². The minimum absolute atomic E-state index is 0.0489. The van der Waals surface area contributed by atoms with Crippen molar-refractivity contribution < 1.29 is 9.53 Å². The highest BCUT2D eigenvalue weighted by atomic mass is 32.1. The smallest absolute Gasteiger partial charge is 0.258 e. The lowest BCUT2D eigenvalue weighted by molar-refractivity contribution is -0.123. The molecule has 0 spiro atoms. The van der Waals surface area contributed by atoms with E-state index in [9.17, 15) is 4.79 Å². The molecule has 0 bridgehead atoms. The highest BCUT2D eigenvalue weighted by Gasteiger charge is 2.03. The maximum Gasteiger partial charge on any atom is 0.258 e. The summed E-state index contributed by atoms with van der Waals surface area (Å²) in [6, 6.07) is 10.7. The number of hydrogen-bond donors (Lipinski definition) is 2. The Hall–Kier alpha value is -2.47. The van der Waals surface area contributed by atoms with Crippen molar-refractivity contribution in [2.75, 3.05) is 6.61 Å². The molecule has 0 saturated carbocycles. The molecule has 0 fully saturated rings. The van der Waals surface area contributed by atoms with Crippen molar-refractivity contribution in [2.45, 2.75) is 6.54 Å². The number of rotatable bonds is 6. The van der Waals surface area contributed by atoms with Gasteiger partial charge < -0.3 is 15.8 Å². The predicted molar refractivity (Wildman–Crippen MR) is 83.9 cm³/mol. The van der Waals surface area contributed by atoms with Gasteiger partial charge in [0, 0.05) is 24.5 Å². The summed E-state index contributed by atoms with van der Waals surface area (Å²) in [5, 5.41) is 2.75. The number of amides is 1. The molecular weight excluding hydrogens is 286 g/mol. The van der Waals surface area contributed by atoms with E-state index < -0.39 is 0 Å². The largest absolute Gasteiger partial charge is 0.484 e. The van der Waals surface area contributed by atoms with Crippen molar-refractivity contribution in [2.24, 2.45) is 5.73 Å².